The predicted octanol–water partition coefficient (Wildman–Crippen LogP) is 4.58. The topological polar surface area (TPSA) is 20.2 Å². The highest BCUT2D eigenvalue weighted by Crippen LogP contribution is 2.32. The maximum Gasteiger partial charge on any atom is 0.0919 e. The first-order chi connectivity index (χ1) is 8.38. The Morgan fingerprint density at radius 1 is 1.22 bits per heavy atom. The molecule has 1 unspecified atom stereocenters. The summed E-state index contributed by atoms with van der Waals surface area (Å²) in [5.74, 6) is 0. The molecule has 1 atom stereocenters. The molecule has 2 aromatic rings. The molecule has 0 aliphatic carbocycles. The molecule has 3 heteroatoms. The lowest BCUT2D eigenvalue weighted by Gasteiger charge is -2.25. The fourth-order valence-electron chi connectivity index (χ4n) is 2.20. The van der Waals surface area contributed by atoms with Gasteiger partial charge in [0, 0.05) is 11.3 Å². The number of aryl methyl sites for hydroxylation is 2. The highest BCUT2D eigenvalue weighted by Gasteiger charge is 2.26. The zero-order valence-electron chi connectivity index (χ0n) is 10.8. The lowest BCUT2D eigenvalue weighted by Crippen LogP contribution is -2.25. The van der Waals surface area contributed by atoms with Crippen molar-refractivity contribution in [3.63, 3.8) is 0 Å². The van der Waals surface area contributed by atoms with Crippen LogP contribution in [0, 0.1) is 13.8 Å². The number of benzene rings is 1. The van der Waals surface area contributed by atoms with Gasteiger partial charge in [-0.05, 0) is 60.0 Å². The Bertz CT molecular complexity index is 557. The lowest BCUT2D eigenvalue weighted by atomic mass is 9.87. The average Bonchev–Trinajstić information content (AvgIpc) is 2.66. The number of aliphatic hydroxyl groups is 1. The molecule has 1 aromatic heterocycles. The molecule has 0 spiro atoms. The van der Waals surface area contributed by atoms with Crippen molar-refractivity contribution >= 4 is 27.3 Å². The van der Waals surface area contributed by atoms with E-state index in [4.69, 9.17) is 0 Å². The Labute approximate surface area is 121 Å². The fraction of sp³-hybridized carbons (Fsp3) is 0.333. The third-order valence-corrected chi connectivity index (χ3v) is 4.74. The quantitative estimate of drug-likeness (QED) is 0.876. The normalized spacial score (nSPS) is 14.5. The van der Waals surface area contributed by atoms with Gasteiger partial charge in [-0.1, -0.05) is 23.8 Å². The molecule has 0 radical (unpaired) electrons. The standard InChI is InChI=1S/C15H17BrOS/c1-10-4-5-11(2)13(8-10)15(3,17)9-12-6-7-14(16)18-12/h4-8,17H,9H2,1-3H3. The van der Waals surface area contributed by atoms with Crippen LogP contribution in [0.1, 0.15) is 28.5 Å². The molecule has 0 aliphatic heterocycles. The highest BCUT2D eigenvalue weighted by molar-refractivity contribution is 9.11. The van der Waals surface area contributed by atoms with Crippen molar-refractivity contribution in [1.82, 2.24) is 0 Å². The van der Waals surface area contributed by atoms with Crippen molar-refractivity contribution in [3.8, 4) is 0 Å². The minimum absolute atomic E-state index is 0.646. The molecule has 0 saturated carbocycles. The van der Waals surface area contributed by atoms with Crippen LogP contribution in [0.4, 0.5) is 0 Å². The van der Waals surface area contributed by atoms with Gasteiger partial charge >= 0.3 is 0 Å². The number of thiophene rings is 1. The van der Waals surface area contributed by atoms with Gasteiger partial charge in [0.05, 0.1) is 9.39 Å². The van der Waals surface area contributed by atoms with E-state index >= 15 is 0 Å². The van der Waals surface area contributed by atoms with Crippen molar-refractivity contribution in [2.45, 2.75) is 32.8 Å². The van der Waals surface area contributed by atoms with Gasteiger partial charge in [0.25, 0.3) is 0 Å². The Balaban J connectivity index is 2.32. The maximum absolute atomic E-state index is 10.7. The van der Waals surface area contributed by atoms with E-state index in [-0.39, 0.29) is 0 Å². The Hall–Kier alpha value is -0.640. The molecule has 1 nitrogen and oxygen atoms in total. The molecule has 2 rings (SSSR count). The predicted molar refractivity (Wildman–Crippen MR) is 81.2 cm³/mol. The van der Waals surface area contributed by atoms with E-state index in [1.54, 1.807) is 11.3 Å². The molecule has 18 heavy (non-hydrogen) atoms. The number of hydrogen-bond donors (Lipinski definition) is 1. The third kappa shape index (κ3) is 3.02. The summed E-state index contributed by atoms with van der Waals surface area (Å²) in [4.78, 5) is 1.19. The molecule has 1 heterocycles. The SMILES string of the molecule is Cc1ccc(C)c(C(C)(O)Cc2ccc(Br)s2)c1. The summed E-state index contributed by atoms with van der Waals surface area (Å²) in [6.45, 7) is 6.00. The van der Waals surface area contributed by atoms with E-state index < -0.39 is 5.60 Å². The van der Waals surface area contributed by atoms with Gasteiger partial charge in [0.2, 0.25) is 0 Å². The van der Waals surface area contributed by atoms with Crippen LogP contribution < -0.4 is 0 Å². The van der Waals surface area contributed by atoms with Crippen molar-refractivity contribution < 1.29 is 5.11 Å². The van der Waals surface area contributed by atoms with E-state index in [0.717, 1.165) is 14.9 Å². The van der Waals surface area contributed by atoms with Crippen LogP contribution in [-0.4, -0.2) is 5.11 Å². The van der Waals surface area contributed by atoms with E-state index in [9.17, 15) is 5.11 Å². The second-order valence-corrected chi connectivity index (χ2v) is 7.52. The molecular formula is C15H17BrOS. The lowest BCUT2D eigenvalue weighted by molar-refractivity contribution is 0.0578. The van der Waals surface area contributed by atoms with Crippen LogP contribution in [0.25, 0.3) is 0 Å². The summed E-state index contributed by atoms with van der Waals surface area (Å²) < 4.78 is 1.11. The van der Waals surface area contributed by atoms with Crippen molar-refractivity contribution in [2.24, 2.45) is 0 Å². The average molecular weight is 325 g/mol. The molecule has 96 valence electrons. The van der Waals surface area contributed by atoms with Crippen molar-refractivity contribution in [2.75, 3.05) is 0 Å². The molecule has 0 amide bonds. The van der Waals surface area contributed by atoms with Crippen LogP contribution in [0.3, 0.4) is 0 Å². The first-order valence-corrected chi connectivity index (χ1v) is 7.54. The summed E-state index contributed by atoms with van der Waals surface area (Å²) in [6.07, 6.45) is 0.646. The van der Waals surface area contributed by atoms with Gasteiger partial charge in [-0.2, -0.15) is 0 Å². The number of hydrogen-bond acceptors (Lipinski definition) is 2. The van der Waals surface area contributed by atoms with E-state index in [0.29, 0.717) is 6.42 Å². The summed E-state index contributed by atoms with van der Waals surface area (Å²) in [5, 5.41) is 10.7. The van der Waals surface area contributed by atoms with E-state index in [2.05, 4.69) is 47.1 Å². The molecule has 0 fully saturated rings. The minimum atomic E-state index is -0.819. The monoisotopic (exact) mass is 324 g/mol. The largest absolute Gasteiger partial charge is 0.385 e. The Morgan fingerprint density at radius 2 is 1.94 bits per heavy atom. The molecule has 1 aromatic carbocycles. The molecule has 1 N–H and O–H groups in total. The first kappa shape index (κ1) is 13.8. The van der Waals surface area contributed by atoms with E-state index in [1.807, 2.05) is 19.9 Å². The van der Waals surface area contributed by atoms with E-state index in [1.165, 1.54) is 10.4 Å². The first-order valence-electron chi connectivity index (χ1n) is 5.93. The highest BCUT2D eigenvalue weighted by atomic mass is 79.9. The Morgan fingerprint density at radius 3 is 2.56 bits per heavy atom. The third-order valence-electron chi connectivity index (χ3n) is 3.12. The molecule has 0 aliphatic rings. The molecule has 0 saturated heterocycles. The van der Waals surface area contributed by atoms with Gasteiger partial charge in [0.15, 0.2) is 0 Å². The van der Waals surface area contributed by atoms with Gasteiger partial charge in [-0.25, -0.2) is 0 Å². The minimum Gasteiger partial charge on any atom is -0.385 e. The fourth-order valence-corrected chi connectivity index (χ4v) is 3.83. The van der Waals surface area contributed by atoms with Gasteiger partial charge in [-0.15, -0.1) is 11.3 Å². The van der Waals surface area contributed by atoms with Gasteiger partial charge in [-0.3, -0.25) is 0 Å². The van der Waals surface area contributed by atoms with Crippen molar-refractivity contribution in [3.05, 3.63) is 55.7 Å². The van der Waals surface area contributed by atoms with Crippen LogP contribution in [-0.2, 0) is 12.0 Å². The van der Waals surface area contributed by atoms with Crippen LogP contribution >= 0.6 is 27.3 Å². The zero-order valence-corrected chi connectivity index (χ0v) is 13.2. The molecular weight excluding hydrogens is 308 g/mol. The second kappa shape index (κ2) is 5.16. The van der Waals surface area contributed by atoms with Crippen LogP contribution in [0.2, 0.25) is 0 Å². The summed E-state index contributed by atoms with van der Waals surface area (Å²) in [5.41, 5.74) is 2.52. The maximum atomic E-state index is 10.7. The summed E-state index contributed by atoms with van der Waals surface area (Å²) in [7, 11) is 0. The summed E-state index contributed by atoms with van der Waals surface area (Å²) >= 11 is 5.13. The van der Waals surface area contributed by atoms with Crippen molar-refractivity contribution in [1.29, 1.82) is 0 Å². The van der Waals surface area contributed by atoms with Crippen LogP contribution in [0.5, 0.6) is 0 Å². The zero-order chi connectivity index (χ0) is 13.3. The van der Waals surface area contributed by atoms with Crippen LogP contribution in [0.15, 0.2) is 34.1 Å². The Kier molecular flexibility index (Phi) is 3.95. The van der Waals surface area contributed by atoms with Gasteiger partial charge in [0.1, 0.15) is 0 Å². The second-order valence-electron chi connectivity index (χ2n) is 4.97. The molecule has 0 bridgehead atoms. The van der Waals surface area contributed by atoms with Gasteiger partial charge < -0.3 is 5.11 Å². The summed E-state index contributed by atoms with van der Waals surface area (Å²) in [6, 6.07) is 10.3. The smallest absolute Gasteiger partial charge is 0.0919 e. The number of rotatable bonds is 3. The number of halogens is 1.